The zero-order valence-corrected chi connectivity index (χ0v) is 11.0. The minimum atomic E-state index is -0.483. The van der Waals surface area contributed by atoms with Gasteiger partial charge in [0.2, 0.25) is 17.5 Å². The Morgan fingerprint density at radius 2 is 2.11 bits per heavy atom. The van der Waals surface area contributed by atoms with E-state index in [1.807, 2.05) is 0 Å². The molecule has 1 aromatic rings. The zero-order valence-electron chi connectivity index (χ0n) is 11.0. The highest BCUT2D eigenvalue weighted by molar-refractivity contribution is 5.91. The van der Waals surface area contributed by atoms with E-state index in [1.165, 1.54) is 19.3 Å². The van der Waals surface area contributed by atoms with Gasteiger partial charge in [-0.3, -0.25) is 0 Å². The van der Waals surface area contributed by atoms with Gasteiger partial charge < -0.3 is 14.9 Å². The molecule has 0 spiro atoms. The molecule has 2 bridgehead atoms. The van der Waals surface area contributed by atoms with Crippen LogP contribution in [0.25, 0.3) is 0 Å². The Balaban J connectivity index is 1.58. The molecule has 19 heavy (non-hydrogen) atoms. The van der Waals surface area contributed by atoms with E-state index in [0.717, 1.165) is 23.7 Å². The molecule has 4 rings (SSSR count). The molecule has 102 valence electrons. The van der Waals surface area contributed by atoms with Gasteiger partial charge in [-0.1, -0.05) is 0 Å². The van der Waals surface area contributed by atoms with Crippen LogP contribution in [-0.4, -0.2) is 17.6 Å². The molecular weight excluding hydrogens is 244 g/mol. The number of hydrogen-bond donors (Lipinski definition) is 1. The van der Waals surface area contributed by atoms with E-state index in [9.17, 15) is 4.79 Å². The predicted molar refractivity (Wildman–Crippen MR) is 67.4 cm³/mol. The van der Waals surface area contributed by atoms with Crippen molar-refractivity contribution in [2.24, 2.45) is 23.7 Å². The number of oxazole rings is 1. The number of nitrogens with zero attached hydrogens (tertiary/aromatic N) is 1. The van der Waals surface area contributed by atoms with E-state index < -0.39 is 5.97 Å². The van der Waals surface area contributed by atoms with Crippen molar-refractivity contribution in [3.05, 3.63) is 11.6 Å². The largest absolute Gasteiger partial charge is 0.461 e. The fourth-order valence-corrected chi connectivity index (χ4v) is 4.49. The number of nitrogen functional groups attached to an aromatic ring is 1. The second-order valence-electron chi connectivity index (χ2n) is 6.00. The van der Waals surface area contributed by atoms with Crippen LogP contribution in [-0.2, 0) is 4.74 Å². The normalized spacial score (nSPS) is 38.3. The van der Waals surface area contributed by atoms with Crippen molar-refractivity contribution in [3.8, 4) is 0 Å². The number of fused-ring (bicyclic) bond motifs is 5. The van der Waals surface area contributed by atoms with Gasteiger partial charge in [0.25, 0.3) is 0 Å². The third kappa shape index (κ3) is 1.47. The molecule has 0 saturated heterocycles. The first-order valence-corrected chi connectivity index (χ1v) is 7.14. The number of carbonyl (C=O) groups is 1. The van der Waals surface area contributed by atoms with Crippen LogP contribution in [0, 0.1) is 23.7 Å². The highest BCUT2D eigenvalue weighted by Crippen LogP contribution is 2.73. The van der Waals surface area contributed by atoms with Gasteiger partial charge in [0.1, 0.15) is 0 Å². The molecule has 3 fully saturated rings. The lowest BCUT2D eigenvalue weighted by Gasteiger charge is -2.04. The number of aromatic nitrogens is 1. The summed E-state index contributed by atoms with van der Waals surface area (Å²) in [6.07, 6.45) is 4.08. The topological polar surface area (TPSA) is 78.3 Å². The summed E-state index contributed by atoms with van der Waals surface area (Å²) in [6.45, 7) is 2.08. The van der Waals surface area contributed by atoms with Gasteiger partial charge in [0.05, 0.1) is 6.61 Å². The van der Waals surface area contributed by atoms with Crippen LogP contribution in [0.15, 0.2) is 4.42 Å². The van der Waals surface area contributed by atoms with E-state index in [0.29, 0.717) is 18.4 Å². The van der Waals surface area contributed by atoms with Gasteiger partial charge in [-0.2, -0.15) is 0 Å². The summed E-state index contributed by atoms with van der Waals surface area (Å²) < 4.78 is 10.5. The SMILES string of the molecule is CCOC(=O)c1nc(C2C3C4CCC(C4)C23)oc1N. The van der Waals surface area contributed by atoms with Crippen molar-refractivity contribution in [1.29, 1.82) is 0 Å². The lowest BCUT2D eigenvalue weighted by Crippen LogP contribution is -2.07. The monoisotopic (exact) mass is 262 g/mol. The molecule has 1 aromatic heterocycles. The van der Waals surface area contributed by atoms with Crippen LogP contribution in [0.5, 0.6) is 0 Å². The summed E-state index contributed by atoms with van der Waals surface area (Å²) in [7, 11) is 0. The molecule has 3 saturated carbocycles. The molecule has 1 heterocycles. The molecular formula is C14H18N2O3. The zero-order chi connectivity index (χ0) is 13.1. The maximum Gasteiger partial charge on any atom is 0.362 e. The summed E-state index contributed by atoms with van der Waals surface area (Å²) in [5.74, 6) is 3.83. The van der Waals surface area contributed by atoms with Gasteiger partial charge in [0, 0.05) is 5.92 Å². The molecule has 3 aliphatic rings. The van der Waals surface area contributed by atoms with Crippen molar-refractivity contribution >= 4 is 11.9 Å². The summed E-state index contributed by atoms with van der Waals surface area (Å²) in [4.78, 5) is 16.0. The lowest BCUT2D eigenvalue weighted by molar-refractivity contribution is 0.0521. The van der Waals surface area contributed by atoms with E-state index in [-0.39, 0.29) is 11.6 Å². The molecule has 0 amide bonds. The summed E-state index contributed by atoms with van der Waals surface area (Å²) >= 11 is 0. The van der Waals surface area contributed by atoms with Crippen molar-refractivity contribution < 1.29 is 13.9 Å². The molecule has 4 atom stereocenters. The maximum absolute atomic E-state index is 11.7. The fraction of sp³-hybridized carbons (Fsp3) is 0.714. The fourth-order valence-electron chi connectivity index (χ4n) is 4.49. The summed E-state index contributed by atoms with van der Waals surface area (Å²) in [6, 6.07) is 0. The molecule has 3 aliphatic carbocycles. The number of carbonyl (C=O) groups excluding carboxylic acids is 1. The molecule has 2 N–H and O–H groups in total. The predicted octanol–water partition coefficient (Wildman–Crippen LogP) is 2.19. The highest BCUT2D eigenvalue weighted by Gasteiger charge is 2.67. The summed E-state index contributed by atoms with van der Waals surface area (Å²) in [5, 5.41) is 0. The Labute approximate surface area is 111 Å². The van der Waals surface area contributed by atoms with Gasteiger partial charge >= 0.3 is 5.97 Å². The van der Waals surface area contributed by atoms with E-state index in [4.69, 9.17) is 14.9 Å². The van der Waals surface area contributed by atoms with Crippen LogP contribution < -0.4 is 5.73 Å². The first-order chi connectivity index (χ1) is 9.20. The minimum Gasteiger partial charge on any atom is -0.461 e. The molecule has 0 radical (unpaired) electrons. The maximum atomic E-state index is 11.7. The van der Waals surface area contributed by atoms with Crippen molar-refractivity contribution in [3.63, 3.8) is 0 Å². The van der Waals surface area contributed by atoms with Gasteiger partial charge in [0.15, 0.2) is 0 Å². The average Bonchev–Trinajstić information content (AvgIpc) is 2.75. The second-order valence-corrected chi connectivity index (χ2v) is 6.00. The molecule has 0 aliphatic heterocycles. The quantitative estimate of drug-likeness (QED) is 0.845. The van der Waals surface area contributed by atoms with Crippen LogP contribution in [0.1, 0.15) is 48.5 Å². The Morgan fingerprint density at radius 3 is 2.74 bits per heavy atom. The standard InChI is InChI=1S/C14H18N2O3/c1-2-18-14(17)11-12(15)19-13(16-11)10-8-6-3-4-7(5-6)9(8)10/h6-10H,2-5,15H2,1H3. The number of hydrogen-bond acceptors (Lipinski definition) is 5. The van der Waals surface area contributed by atoms with Crippen molar-refractivity contribution in [1.82, 2.24) is 4.98 Å². The summed E-state index contributed by atoms with van der Waals surface area (Å²) in [5.41, 5.74) is 5.89. The molecule has 5 heteroatoms. The van der Waals surface area contributed by atoms with Crippen molar-refractivity contribution in [2.45, 2.75) is 32.1 Å². The molecule has 4 unspecified atom stereocenters. The van der Waals surface area contributed by atoms with Crippen LogP contribution >= 0.6 is 0 Å². The third-order valence-corrected chi connectivity index (χ3v) is 5.16. The van der Waals surface area contributed by atoms with E-state index >= 15 is 0 Å². The minimum absolute atomic E-state index is 0.103. The van der Waals surface area contributed by atoms with E-state index in [1.54, 1.807) is 6.92 Å². The van der Waals surface area contributed by atoms with Crippen molar-refractivity contribution in [2.75, 3.05) is 12.3 Å². The number of ether oxygens (including phenoxy) is 1. The average molecular weight is 262 g/mol. The molecule has 0 aromatic carbocycles. The third-order valence-electron chi connectivity index (χ3n) is 5.16. The Morgan fingerprint density at radius 1 is 1.42 bits per heavy atom. The lowest BCUT2D eigenvalue weighted by atomic mass is 10.0. The smallest absolute Gasteiger partial charge is 0.362 e. The number of anilines is 1. The van der Waals surface area contributed by atoms with Crippen LogP contribution in [0.2, 0.25) is 0 Å². The van der Waals surface area contributed by atoms with Crippen LogP contribution in [0.4, 0.5) is 5.88 Å². The van der Waals surface area contributed by atoms with Crippen LogP contribution in [0.3, 0.4) is 0 Å². The number of rotatable bonds is 3. The van der Waals surface area contributed by atoms with Gasteiger partial charge in [-0.15, -0.1) is 0 Å². The Bertz CT molecular complexity index is 523. The second kappa shape index (κ2) is 3.74. The highest BCUT2D eigenvalue weighted by atomic mass is 16.5. The van der Waals surface area contributed by atoms with Gasteiger partial charge in [-0.25, -0.2) is 9.78 Å². The first kappa shape index (κ1) is 11.3. The van der Waals surface area contributed by atoms with E-state index in [2.05, 4.69) is 4.98 Å². The first-order valence-electron chi connectivity index (χ1n) is 7.14. The Hall–Kier alpha value is -1.52. The number of esters is 1. The Kier molecular flexibility index (Phi) is 2.23. The molecule has 5 nitrogen and oxygen atoms in total. The van der Waals surface area contributed by atoms with Gasteiger partial charge in [-0.05, 0) is 49.9 Å². The number of nitrogens with two attached hydrogens (primary N) is 1.